The first-order valence-electron chi connectivity index (χ1n) is 5.94. The summed E-state index contributed by atoms with van der Waals surface area (Å²) in [6.07, 6.45) is 4.30. The molecular formula is C12H20N4. The summed E-state index contributed by atoms with van der Waals surface area (Å²) in [6.45, 7) is 5.18. The molecule has 0 unspecified atom stereocenters. The van der Waals surface area contributed by atoms with Gasteiger partial charge in [-0.3, -0.25) is 0 Å². The van der Waals surface area contributed by atoms with Crippen LogP contribution in [0.4, 0.5) is 0 Å². The standard InChI is InChI=1S/C12H20N4/c1-10-13-6-3-12(15-10)9-14-11-4-7-16(2)8-5-11/h3,6,11,14H,4-5,7-9H2,1-2H3. The molecule has 0 aliphatic carbocycles. The molecule has 0 atom stereocenters. The van der Waals surface area contributed by atoms with Gasteiger partial charge in [0, 0.05) is 18.8 Å². The molecule has 1 aromatic rings. The lowest BCUT2D eigenvalue weighted by Gasteiger charge is -2.29. The Morgan fingerprint density at radius 1 is 1.44 bits per heavy atom. The molecule has 4 nitrogen and oxygen atoms in total. The number of aromatic nitrogens is 2. The van der Waals surface area contributed by atoms with Gasteiger partial charge in [0.15, 0.2) is 0 Å². The van der Waals surface area contributed by atoms with Crippen LogP contribution in [0.3, 0.4) is 0 Å². The van der Waals surface area contributed by atoms with Gasteiger partial charge in [0.2, 0.25) is 0 Å². The third-order valence-electron chi connectivity index (χ3n) is 3.12. The maximum Gasteiger partial charge on any atom is 0.125 e. The van der Waals surface area contributed by atoms with Gasteiger partial charge in [-0.1, -0.05) is 0 Å². The van der Waals surface area contributed by atoms with Crippen molar-refractivity contribution < 1.29 is 0 Å². The van der Waals surface area contributed by atoms with E-state index in [4.69, 9.17) is 0 Å². The van der Waals surface area contributed by atoms with Crippen molar-refractivity contribution in [1.82, 2.24) is 20.2 Å². The van der Waals surface area contributed by atoms with Crippen molar-refractivity contribution in [3.63, 3.8) is 0 Å². The number of hydrogen-bond donors (Lipinski definition) is 1. The van der Waals surface area contributed by atoms with Crippen molar-refractivity contribution in [1.29, 1.82) is 0 Å². The average molecular weight is 220 g/mol. The zero-order valence-corrected chi connectivity index (χ0v) is 10.1. The molecule has 88 valence electrons. The first-order valence-corrected chi connectivity index (χ1v) is 5.94. The smallest absolute Gasteiger partial charge is 0.125 e. The minimum absolute atomic E-state index is 0.645. The van der Waals surface area contributed by atoms with Crippen LogP contribution in [0.1, 0.15) is 24.4 Å². The monoisotopic (exact) mass is 220 g/mol. The van der Waals surface area contributed by atoms with E-state index in [9.17, 15) is 0 Å². The minimum Gasteiger partial charge on any atom is -0.308 e. The second kappa shape index (κ2) is 5.37. The van der Waals surface area contributed by atoms with Crippen molar-refractivity contribution in [2.24, 2.45) is 0 Å². The van der Waals surface area contributed by atoms with Crippen LogP contribution in [0.15, 0.2) is 12.3 Å². The summed E-state index contributed by atoms with van der Waals surface area (Å²) in [5.41, 5.74) is 1.09. The summed E-state index contributed by atoms with van der Waals surface area (Å²) in [5.74, 6) is 0.850. The Bertz CT molecular complexity index is 332. The first kappa shape index (κ1) is 11.5. The van der Waals surface area contributed by atoms with Gasteiger partial charge in [-0.25, -0.2) is 9.97 Å². The van der Waals surface area contributed by atoms with E-state index in [1.807, 2.05) is 19.2 Å². The van der Waals surface area contributed by atoms with E-state index in [0.29, 0.717) is 6.04 Å². The van der Waals surface area contributed by atoms with E-state index < -0.39 is 0 Å². The summed E-state index contributed by atoms with van der Waals surface area (Å²) in [5, 5.41) is 3.57. The Labute approximate surface area is 97.1 Å². The second-order valence-corrected chi connectivity index (χ2v) is 4.55. The molecule has 1 saturated heterocycles. The van der Waals surface area contributed by atoms with Crippen molar-refractivity contribution in [2.75, 3.05) is 20.1 Å². The molecule has 0 spiro atoms. The Balaban J connectivity index is 1.79. The molecule has 1 aliphatic heterocycles. The van der Waals surface area contributed by atoms with E-state index in [1.165, 1.54) is 25.9 Å². The highest BCUT2D eigenvalue weighted by molar-refractivity contribution is 5.01. The second-order valence-electron chi connectivity index (χ2n) is 4.55. The van der Waals surface area contributed by atoms with Crippen LogP contribution in [-0.4, -0.2) is 41.0 Å². The Morgan fingerprint density at radius 2 is 2.19 bits per heavy atom. The lowest BCUT2D eigenvalue weighted by molar-refractivity contribution is 0.233. The van der Waals surface area contributed by atoms with E-state index in [0.717, 1.165) is 18.1 Å². The number of rotatable bonds is 3. The van der Waals surface area contributed by atoms with E-state index in [-0.39, 0.29) is 0 Å². The van der Waals surface area contributed by atoms with Gasteiger partial charge < -0.3 is 10.2 Å². The fraction of sp³-hybridized carbons (Fsp3) is 0.667. The average Bonchev–Trinajstić information content (AvgIpc) is 2.28. The van der Waals surface area contributed by atoms with Crippen molar-refractivity contribution in [3.05, 3.63) is 23.8 Å². The quantitative estimate of drug-likeness (QED) is 0.824. The molecular weight excluding hydrogens is 200 g/mol. The highest BCUT2D eigenvalue weighted by Gasteiger charge is 2.15. The molecule has 0 aromatic carbocycles. The van der Waals surface area contributed by atoms with Gasteiger partial charge in [-0.2, -0.15) is 0 Å². The topological polar surface area (TPSA) is 41.1 Å². The summed E-state index contributed by atoms with van der Waals surface area (Å²) in [4.78, 5) is 10.9. The molecule has 2 rings (SSSR count). The molecule has 1 N–H and O–H groups in total. The number of likely N-dealkylation sites (tertiary alicyclic amines) is 1. The third-order valence-corrected chi connectivity index (χ3v) is 3.12. The van der Waals surface area contributed by atoms with Gasteiger partial charge in [0.25, 0.3) is 0 Å². The highest BCUT2D eigenvalue weighted by Crippen LogP contribution is 2.08. The maximum absolute atomic E-state index is 4.39. The molecule has 4 heteroatoms. The van der Waals surface area contributed by atoms with E-state index in [1.54, 1.807) is 0 Å². The van der Waals surface area contributed by atoms with Crippen LogP contribution in [0.5, 0.6) is 0 Å². The Morgan fingerprint density at radius 3 is 2.88 bits per heavy atom. The van der Waals surface area contributed by atoms with Crippen LogP contribution in [0.2, 0.25) is 0 Å². The number of piperidine rings is 1. The van der Waals surface area contributed by atoms with Gasteiger partial charge >= 0.3 is 0 Å². The molecule has 1 fully saturated rings. The van der Waals surface area contributed by atoms with Crippen LogP contribution >= 0.6 is 0 Å². The van der Waals surface area contributed by atoms with Gasteiger partial charge in [0.05, 0.1) is 5.69 Å². The lowest BCUT2D eigenvalue weighted by atomic mass is 10.1. The molecule has 2 heterocycles. The lowest BCUT2D eigenvalue weighted by Crippen LogP contribution is -2.40. The largest absolute Gasteiger partial charge is 0.308 e. The van der Waals surface area contributed by atoms with Gasteiger partial charge in [-0.05, 0) is 46.0 Å². The normalized spacial score (nSPS) is 18.9. The molecule has 0 bridgehead atoms. The Kier molecular flexibility index (Phi) is 3.85. The fourth-order valence-electron chi connectivity index (χ4n) is 2.07. The first-order chi connectivity index (χ1) is 7.74. The van der Waals surface area contributed by atoms with Crippen LogP contribution in [0.25, 0.3) is 0 Å². The summed E-state index contributed by atoms with van der Waals surface area (Å²) in [7, 11) is 2.18. The van der Waals surface area contributed by atoms with Crippen LogP contribution < -0.4 is 5.32 Å². The number of nitrogens with one attached hydrogen (secondary N) is 1. The zero-order chi connectivity index (χ0) is 11.4. The van der Waals surface area contributed by atoms with Crippen molar-refractivity contribution in [2.45, 2.75) is 32.4 Å². The Hall–Kier alpha value is -1.00. The molecule has 16 heavy (non-hydrogen) atoms. The molecule has 0 amide bonds. The predicted octanol–water partition coefficient (Wildman–Crippen LogP) is 0.969. The van der Waals surface area contributed by atoms with Crippen molar-refractivity contribution >= 4 is 0 Å². The van der Waals surface area contributed by atoms with Gasteiger partial charge in [0.1, 0.15) is 5.82 Å². The summed E-state index contributed by atoms with van der Waals surface area (Å²) >= 11 is 0. The fourth-order valence-corrected chi connectivity index (χ4v) is 2.07. The van der Waals surface area contributed by atoms with E-state index in [2.05, 4.69) is 27.2 Å². The molecule has 0 radical (unpaired) electrons. The van der Waals surface area contributed by atoms with Crippen LogP contribution in [0, 0.1) is 6.92 Å². The predicted molar refractivity (Wildman–Crippen MR) is 64.1 cm³/mol. The molecule has 1 aromatic heterocycles. The molecule has 0 saturated carbocycles. The van der Waals surface area contributed by atoms with Crippen LogP contribution in [-0.2, 0) is 6.54 Å². The summed E-state index contributed by atoms with van der Waals surface area (Å²) in [6, 6.07) is 2.63. The van der Waals surface area contributed by atoms with Gasteiger partial charge in [-0.15, -0.1) is 0 Å². The summed E-state index contributed by atoms with van der Waals surface area (Å²) < 4.78 is 0. The number of hydrogen-bond acceptors (Lipinski definition) is 4. The minimum atomic E-state index is 0.645. The van der Waals surface area contributed by atoms with Crippen molar-refractivity contribution in [3.8, 4) is 0 Å². The highest BCUT2D eigenvalue weighted by atomic mass is 15.1. The maximum atomic E-state index is 4.39. The molecule has 1 aliphatic rings. The number of nitrogens with zero attached hydrogens (tertiary/aromatic N) is 3. The number of aryl methyl sites for hydroxylation is 1. The third kappa shape index (κ3) is 3.25. The van der Waals surface area contributed by atoms with E-state index >= 15 is 0 Å². The zero-order valence-electron chi connectivity index (χ0n) is 10.1. The SMILES string of the molecule is Cc1nccc(CNC2CCN(C)CC2)n1.